The molecule has 6 rings (SSSR count). The van der Waals surface area contributed by atoms with Gasteiger partial charge in [-0.15, -0.1) is 0 Å². The Labute approximate surface area is 181 Å². The normalized spacial score (nSPS) is 11.3. The summed E-state index contributed by atoms with van der Waals surface area (Å²) in [6.07, 6.45) is 8.71. The summed E-state index contributed by atoms with van der Waals surface area (Å²) in [6, 6.07) is 11.6. The van der Waals surface area contributed by atoms with Gasteiger partial charge in [0.15, 0.2) is 17.2 Å². The maximum Gasteiger partial charge on any atom is 0.178 e. The van der Waals surface area contributed by atoms with E-state index in [0.29, 0.717) is 28.4 Å². The third-order valence-corrected chi connectivity index (χ3v) is 5.24. The summed E-state index contributed by atoms with van der Waals surface area (Å²) in [5.74, 6) is 1.26. The Balaban J connectivity index is 1.50. The van der Waals surface area contributed by atoms with Crippen molar-refractivity contribution >= 4 is 22.2 Å². The predicted octanol–water partition coefficient (Wildman–Crippen LogP) is 4.03. The van der Waals surface area contributed by atoms with E-state index in [2.05, 4.69) is 35.1 Å². The second kappa shape index (κ2) is 7.24. The molecule has 0 aliphatic rings. The van der Waals surface area contributed by atoms with Crippen LogP contribution in [0.2, 0.25) is 0 Å². The van der Waals surface area contributed by atoms with Gasteiger partial charge in [0, 0.05) is 41.5 Å². The van der Waals surface area contributed by atoms with Crippen molar-refractivity contribution in [1.82, 2.24) is 40.1 Å². The number of pyridine rings is 4. The van der Waals surface area contributed by atoms with Gasteiger partial charge in [0.05, 0.1) is 30.0 Å². The third-order valence-electron chi connectivity index (χ3n) is 5.24. The van der Waals surface area contributed by atoms with Crippen LogP contribution in [0.25, 0.3) is 56.1 Å². The second-order valence-corrected chi connectivity index (χ2v) is 7.16. The molecular formula is C23H16N8O. The molecule has 0 radical (unpaired) electrons. The van der Waals surface area contributed by atoms with Gasteiger partial charge in [-0.2, -0.15) is 5.10 Å². The molecule has 0 fully saturated rings. The van der Waals surface area contributed by atoms with Gasteiger partial charge >= 0.3 is 0 Å². The predicted molar refractivity (Wildman–Crippen MR) is 120 cm³/mol. The Bertz CT molecular complexity index is 1570. The van der Waals surface area contributed by atoms with Crippen LogP contribution in [0.1, 0.15) is 0 Å². The summed E-state index contributed by atoms with van der Waals surface area (Å²) in [5.41, 5.74) is 7.11. The van der Waals surface area contributed by atoms with Crippen LogP contribution >= 0.6 is 0 Å². The molecule has 0 unspecified atom stereocenters. The summed E-state index contributed by atoms with van der Waals surface area (Å²) in [6.45, 7) is 0. The lowest BCUT2D eigenvalue weighted by atomic mass is 10.1. The molecular weight excluding hydrogens is 404 g/mol. The summed E-state index contributed by atoms with van der Waals surface area (Å²) in [5, 5.41) is 7.51. The van der Waals surface area contributed by atoms with E-state index in [0.717, 1.165) is 33.4 Å². The smallest absolute Gasteiger partial charge is 0.178 e. The highest BCUT2D eigenvalue weighted by atomic mass is 16.5. The van der Waals surface area contributed by atoms with E-state index < -0.39 is 0 Å². The van der Waals surface area contributed by atoms with Gasteiger partial charge in [-0.1, -0.05) is 6.07 Å². The molecule has 9 nitrogen and oxygen atoms in total. The van der Waals surface area contributed by atoms with Crippen molar-refractivity contribution < 1.29 is 4.74 Å². The number of hydrogen-bond acceptors (Lipinski definition) is 7. The summed E-state index contributed by atoms with van der Waals surface area (Å²) < 4.78 is 5.29. The summed E-state index contributed by atoms with van der Waals surface area (Å²) in [7, 11) is 1.61. The Morgan fingerprint density at radius 2 is 1.84 bits per heavy atom. The van der Waals surface area contributed by atoms with Crippen LogP contribution in [0.3, 0.4) is 0 Å². The number of nitrogens with one attached hydrogen (secondary N) is 2. The van der Waals surface area contributed by atoms with Crippen LogP contribution in [0.15, 0.2) is 67.4 Å². The molecule has 9 heteroatoms. The SMILES string of the molecule is COc1cncc(-c2ccc3[nH]nc(-c4nc5nccc(-c6cccnc6)c5[nH]4)c3n2)c1. The third kappa shape index (κ3) is 2.95. The van der Waals surface area contributed by atoms with Crippen LogP contribution in [0.4, 0.5) is 0 Å². The Kier molecular flexibility index (Phi) is 4.10. The molecule has 0 amide bonds. The maximum atomic E-state index is 5.29. The highest BCUT2D eigenvalue weighted by molar-refractivity contribution is 5.94. The highest BCUT2D eigenvalue weighted by Gasteiger charge is 2.17. The van der Waals surface area contributed by atoms with Crippen LogP contribution in [0, 0.1) is 0 Å². The minimum Gasteiger partial charge on any atom is -0.495 e. The van der Waals surface area contributed by atoms with Crippen LogP contribution < -0.4 is 4.74 Å². The molecule has 0 saturated carbocycles. The van der Waals surface area contributed by atoms with Crippen molar-refractivity contribution in [3.05, 3.63) is 67.4 Å². The Hall–Kier alpha value is -4.66. The number of imidazole rings is 1. The molecule has 0 saturated heterocycles. The number of aromatic nitrogens is 8. The molecule has 6 aromatic heterocycles. The molecule has 0 aliphatic heterocycles. The largest absolute Gasteiger partial charge is 0.495 e. The fourth-order valence-electron chi connectivity index (χ4n) is 3.68. The first-order valence-corrected chi connectivity index (χ1v) is 9.90. The van der Waals surface area contributed by atoms with Gasteiger partial charge in [0.25, 0.3) is 0 Å². The monoisotopic (exact) mass is 420 g/mol. The molecule has 0 spiro atoms. The van der Waals surface area contributed by atoms with Gasteiger partial charge in [0.1, 0.15) is 11.3 Å². The number of H-pyrrole nitrogens is 2. The van der Waals surface area contributed by atoms with E-state index in [1.807, 2.05) is 42.6 Å². The first kappa shape index (κ1) is 18.1. The standard InChI is InChI=1S/C23H16N8O/c1-32-15-9-14(11-25-12-15)17-4-5-18-20(27-17)21(31-30-18)23-28-19-16(6-8-26-22(19)29-23)13-3-2-7-24-10-13/h2-12H,1H3,(H,30,31)(H,26,28,29). The topological polar surface area (TPSA) is 118 Å². The van der Waals surface area contributed by atoms with E-state index in [1.54, 1.807) is 31.9 Å². The number of hydrogen-bond donors (Lipinski definition) is 2. The molecule has 6 heterocycles. The van der Waals surface area contributed by atoms with Gasteiger partial charge in [0.2, 0.25) is 0 Å². The van der Waals surface area contributed by atoms with Crippen LogP contribution in [-0.2, 0) is 0 Å². The Morgan fingerprint density at radius 1 is 0.906 bits per heavy atom. The van der Waals surface area contributed by atoms with Crippen molar-refractivity contribution in [1.29, 1.82) is 0 Å². The van der Waals surface area contributed by atoms with E-state index in [-0.39, 0.29) is 0 Å². The summed E-state index contributed by atoms with van der Waals surface area (Å²) in [4.78, 5) is 25.8. The maximum absolute atomic E-state index is 5.29. The number of fused-ring (bicyclic) bond motifs is 2. The average molecular weight is 420 g/mol. The lowest BCUT2D eigenvalue weighted by molar-refractivity contribution is 0.413. The van der Waals surface area contributed by atoms with Gasteiger partial charge < -0.3 is 9.72 Å². The van der Waals surface area contributed by atoms with E-state index >= 15 is 0 Å². The van der Waals surface area contributed by atoms with Crippen molar-refractivity contribution in [2.75, 3.05) is 7.11 Å². The zero-order valence-corrected chi connectivity index (χ0v) is 16.9. The van der Waals surface area contributed by atoms with E-state index in [9.17, 15) is 0 Å². The number of methoxy groups -OCH3 is 1. The second-order valence-electron chi connectivity index (χ2n) is 7.16. The number of nitrogens with zero attached hydrogens (tertiary/aromatic N) is 6. The van der Waals surface area contributed by atoms with Crippen LogP contribution in [0.5, 0.6) is 5.75 Å². The van der Waals surface area contributed by atoms with Gasteiger partial charge in [-0.05, 0) is 30.3 Å². The molecule has 0 aliphatic carbocycles. The molecule has 2 N–H and O–H groups in total. The number of rotatable bonds is 4. The van der Waals surface area contributed by atoms with Crippen molar-refractivity contribution in [3.63, 3.8) is 0 Å². The average Bonchev–Trinajstić information content (AvgIpc) is 3.48. The minimum atomic E-state index is 0.587. The van der Waals surface area contributed by atoms with Crippen molar-refractivity contribution in [2.45, 2.75) is 0 Å². The molecule has 0 bridgehead atoms. The fraction of sp³-hybridized carbons (Fsp3) is 0.0435. The zero-order valence-electron chi connectivity index (χ0n) is 16.9. The minimum absolute atomic E-state index is 0.587. The molecule has 0 aromatic carbocycles. The Morgan fingerprint density at radius 3 is 2.72 bits per heavy atom. The van der Waals surface area contributed by atoms with Crippen LogP contribution in [-0.4, -0.2) is 47.2 Å². The lowest BCUT2D eigenvalue weighted by Crippen LogP contribution is -1.89. The van der Waals surface area contributed by atoms with Gasteiger partial charge in [-0.25, -0.2) is 15.0 Å². The van der Waals surface area contributed by atoms with E-state index in [4.69, 9.17) is 9.72 Å². The van der Waals surface area contributed by atoms with E-state index in [1.165, 1.54) is 0 Å². The van der Waals surface area contributed by atoms with Gasteiger partial charge in [-0.3, -0.25) is 15.1 Å². The summed E-state index contributed by atoms with van der Waals surface area (Å²) >= 11 is 0. The number of ether oxygens (including phenoxy) is 1. The first-order valence-electron chi connectivity index (χ1n) is 9.90. The molecule has 0 atom stereocenters. The molecule has 6 aromatic rings. The van der Waals surface area contributed by atoms with Crippen molar-refractivity contribution in [3.8, 4) is 39.7 Å². The zero-order chi connectivity index (χ0) is 21.5. The molecule has 32 heavy (non-hydrogen) atoms. The lowest BCUT2D eigenvalue weighted by Gasteiger charge is -2.03. The quantitative estimate of drug-likeness (QED) is 0.442. The highest BCUT2D eigenvalue weighted by Crippen LogP contribution is 2.31. The fourth-order valence-corrected chi connectivity index (χ4v) is 3.68. The number of aromatic amines is 2. The molecule has 154 valence electrons. The first-order chi connectivity index (χ1) is 15.8. The van der Waals surface area contributed by atoms with Crippen molar-refractivity contribution in [2.24, 2.45) is 0 Å².